The van der Waals surface area contributed by atoms with Crippen molar-refractivity contribution in [1.29, 1.82) is 0 Å². The number of nitrogens with one attached hydrogen (secondary N) is 1. The maximum atomic E-state index is 12.7. The highest BCUT2D eigenvalue weighted by Crippen LogP contribution is 2.21. The van der Waals surface area contributed by atoms with Gasteiger partial charge in [0.15, 0.2) is 5.96 Å². The van der Waals surface area contributed by atoms with E-state index in [1.54, 1.807) is 0 Å². The Morgan fingerprint density at radius 1 is 1.10 bits per heavy atom. The first-order chi connectivity index (χ1) is 14.7. The maximum absolute atomic E-state index is 12.7. The molecule has 170 valence electrons. The molecule has 1 aromatic carbocycles. The number of amides is 1. The van der Waals surface area contributed by atoms with Crippen LogP contribution in [0.4, 0.5) is 5.69 Å². The molecule has 8 heteroatoms. The van der Waals surface area contributed by atoms with Crippen LogP contribution in [0.1, 0.15) is 18.4 Å². The van der Waals surface area contributed by atoms with Crippen molar-refractivity contribution in [2.45, 2.75) is 19.4 Å². The van der Waals surface area contributed by atoms with Gasteiger partial charge in [-0.2, -0.15) is 0 Å². The number of carbonyl (C=O) groups excluding carboxylic acids is 1. The first kappa shape index (κ1) is 23.8. The molecule has 0 aromatic heterocycles. The van der Waals surface area contributed by atoms with Crippen molar-refractivity contribution in [2.24, 2.45) is 10.9 Å². The number of rotatable bonds is 4. The minimum Gasteiger partial charge on any atom is -0.378 e. The molecule has 0 radical (unpaired) electrons. The van der Waals surface area contributed by atoms with Gasteiger partial charge in [0.1, 0.15) is 0 Å². The zero-order valence-corrected chi connectivity index (χ0v) is 20.7. The molecule has 0 atom stereocenters. The number of halogens is 1. The van der Waals surface area contributed by atoms with Gasteiger partial charge in [0.25, 0.3) is 0 Å². The average Bonchev–Trinajstić information content (AvgIpc) is 3.35. The lowest BCUT2D eigenvalue weighted by atomic mass is 9.95. The largest absolute Gasteiger partial charge is 0.378 e. The van der Waals surface area contributed by atoms with E-state index in [9.17, 15) is 4.79 Å². The number of hydrogen-bond acceptors (Lipinski definition) is 4. The Morgan fingerprint density at radius 3 is 2.48 bits per heavy atom. The number of morpholine rings is 1. The van der Waals surface area contributed by atoms with Gasteiger partial charge in [0.05, 0.1) is 13.2 Å². The first-order valence-corrected chi connectivity index (χ1v) is 11.1. The molecule has 0 unspecified atom stereocenters. The normalized spacial score (nSPS) is 20.0. The fourth-order valence-electron chi connectivity index (χ4n) is 4.45. The van der Waals surface area contributed by atoms with Gasteiger partial charge in [-0.15, -0.1) is 24.0 Å². The van der Waals surface area contributed by atoms with Crippen molar-refractivity contribution in [1.82, 2.24) is 15.1 Å². The SMILES string of the molecule is CN=C(NCc1cccc(N2CC=CC2)c1)N1CCC(C(=O)N2CCOCC2)CC1.I. The van der Waals surface area contributed by atoms with Crippen LogP contribution in [-0.2, 0) is 16.1 Å². The Bertz CT molecular complexity index is 778. The molecule has 0 bridgehead atoms. The zero-order chi connectivity index (χ0) is 20.8. The summed E-state index contributed by atoms with van der Waals surface area (Å²) in [6.07, 6.45) is 6.18. The second-order valence-electron chi connectivity index (χ2n) is 8.15. The summed E-state index contributed by atoms with van der Waals surface area (Å²) in [6.45, 7) is 7.22. The van der Waals surface area contributed by atoms with Crippen molar-refractivity contribution in [3.8, 4) is 0 Å². The van der Waals surface area contributed by atoms with Gasteiger partial charge in [-0.1, -0.05) is 24.3 Å². The molecule has 3 aliphatic rings. The van der Waals surface area contributed by atoms with Crippen molar-refractivity contribution < 1.29 is 9.53 Å². The van der Waals surface area contributed by atoms with Crippen molar-refractivity contribution >= 4 is 41.5 Å². The lowest BCUT2D eigenvalue weighted by molar-refractivity contribution is -0.140. The lowest BCUT2D eigenvalue weighted by Gasteiger charge is -2.36. The molecule has 1 amide bonds. The number of aliphatic imine (C=N–C) groups is 1. The predicted molar refractivity (Wildman–Crippen MR) is 135 cm³/mol. The van der Waals surface area contributed by atoms with Crippen LogP contribution in [0.15, 0.2) is 41.4 Å². The third kappa shape index (κ3) is 6.12. The van der Waals surface area contributed by atoms with Gasteiger partial charge in [-0.25, -0.2) is 0 Å². The third-order valence-electron chi connectivity index (χ3n) is 6.22. The highest BCUT2D eigenvalue weighted by atomic mass is 127. The molecule has 4 rings (SSSR count). The maximum Gasteiger partial charge on any atom is 0.225 e. The number of carbonyl (C=O) groups is 1. The van der Waals surface area contributed by atoms with Crippen molar-refractivity contribution in [3.05, 3.63) is 42.0 Å². The molecular formula is C23H34IN5O2. The second kappa shape index (κ2) is 11.7. The summed E-state index contributed by atoms with van der Waals surface area (Å²) in [4.78, 5) is 23.8. The fraction of sp³-hybridized carbons (Fsp3) is 0.565. The molecule has 1 N–H and O–H groups in total. The minimum absolute atomic E-state index is 0. The number of hydrogen-bond donors (Lipinski definition) is 1. The molecule has 2 fully saturated rings. The van der Waals surface area contributed by atoms with E-state index < -0.39 is 0 Å². The molecule has 0 aliphatic carbocycles. The number of ether oxygens (including phenoxy) is 1. The van der Waals surface area contributed by atoms with Gasteiger partial charge in [-0.05, 0) is 30.5 Å². The molecular weight excluding hydrogens is 505 g/mol. The summed E-state index contributed by atoms with van der Waals surface area (Å²) in [7, 11) is 1.83. The Labute approximate surface area is 202 Å². The Balaban J connectivity index is 0.00000272. The zero-order valence-electron chi connectivity index (χ0n) is 18.3. The number of likely N-dealkylation sites (tertiary alicyclic amines) is 1. The minimum atomic E-state index is 0. The molecule has 2 saturated heterocycles. The molecule has 31 heavy (non-hydrogen) atoms. The van der Waals surface area contributed by atoms with E-state index in [4.69, 9.17) is 4.74 Å². The first-order valence-electron chi connectivity index (χ1n) is 11.1. The number of piperidine rings is 1. The fourth-order valence-corrected chi connectivity index (χ4v) is 4.45. The van der Waals surface area contributed by atoms with Crippen LogP contribution < -0.4 is 10.2 Å². The average molecular weight is 539 g/mol. The third-order valence-corrected chi connectivity index (χ3v) is 6.22. The van der Waals surface area contributed by atoms with Crippen LogP contribution in [0, 0.1) is 5.92 Å². The molecule has 3 aliphatic heterocycles. The van der Waals surface area contributed by atoms with Crippen LogP contribution in [-0.4, -0.2) is 81.2 Å². The van der Waals surface area contributed by atoms with Gasteiger partial charge >= 0.3 is 0 Å². The van der Waals surface area contributed by atoms with E-state index >= 15 is 0 Å². The molecule has 7 nitrogen and oxygen atoms in total. The van der Waals surface area contributed by atoms with Gasteiger partial charge in [0.2, 0.25) is 5.91 Å². The van der Waals surface area contributed by atoms with E-state index in [0.29, 0.717) is 19.1 Å². The van der Waals surface area contributed by atoms with Crippen LogP contribution in [0.25, 0.3) is 0 Å². The van der Waals surface area contributed by atoms with E-state index in [-0.39, 0.29) is 29.9 Å². The molecule has 3 heterocycles. The summed E-state index contributed by atoms with van der Waals surface area (Å²) in [5.41, 5.74) is 2.51. The number of benzene rings is 1. The summed E-state index contributed by atoms with van der Waals surface area (Å²) < 4.78 is 5.37. The predicted octanol–water partition coefficient (Wildman–Crippen LogP) is 2.33. The molecule has 1 aromatic rings. The van der Waals surface area contributed by atoms with Gasteiger partial charge < -0.3 is 24.8 Å². The summed E-state index contributed by atoms with van der Waals surface area (Å²) >= 11 is 0. The standard InChI is InChI=1S/C23H33N5O2.HI/c1-24-23(25-18-19-5-4-6-21(17-19)26-9-2-3-10-26)28-11-7-20(8-12-28)22(29)27-13-15-30-16-14-27;/h2-6,17,20H,7-16,18H2,1H3,(H,24,25);1H. The number of anilines is 1. The van der Waals surface area contributed by atoms with Crippen LogP contribution in [0.3, 0.4) is 0 Å². The summed E-state index contributed by atoms with van der Waals surface area (Å²) in [5, 5.41) is 3.51. The van der Waals surface area contributed by atoms with Gasteiger partial charge in [0, 0.05) is 64.5 Å². The van der Waals surface area contributed by atoms with E-state index in [2.05, 4.69) is 56.5 Å². The molecule has 0 spiro atoms. The highest BCUT2D eigenvalue weighted by molar-refractivity contribution is 14.0. The molecule has 0 saturated carbocycles. The Kier molecular flexibility index (Phi) is 9.01. The number of guanidine groups is 1. The lowest BCUT2D eigenvalue weighted by Crippen LogP contribution is -2.49. The van der Waals surface area contributed by atoms with Gasteiger partial charge in [-0.3, -0.25) is 9.79 Å². The van der Waals surface area contributed by atoms with E-state index in [0.717, 1.165) is 64.6 Å². The summed E-state index contributed by atoms with van der Waals surface area (Å²) in [5.74, 6) is 1.35. The Hall–Kier alpha value is -1.81. The quantitative estimate of drug-likeness (QED) is 0.276. The van der Waals surface area contributed by atoms with E-state index in [1.807, 2.05) is 11.9 Å². The van der Waals surface area contributed by atoms with Crippen LogP contribution in [0.2, 0.25) is 0 Å². The second-order valence-corrected chi connectivity index (χ2v) is 8.15. The van der Waals surface area contributed by atoms with Crippen LogP contribution >= 0.6 is 24.0 Å². The van der Waals surface area contributed by atoms with E-state index in [1.165, 1.54) is 11.3 Å². The smallest absolute Gasteiger partial charge is 0.225 e. The number of nitrogens with zero attached hydrogens (tertiary/aromatic N) is 4. The highest BCUT2D eigenvalue weighted by Gasteiger charge is 2.30. The van der Waals surface area contributed by atoms with Crippen molar-refractivity contribution in [2.75, 3.05) is 64.4 Å². The summed E-state index contributed by atoms with van der Waals surface area (Å²) in [6, 6.07) is 8.69. The van der Waals surface area contributed by atoms with Crippen LogP contribution in [0.5, 0.6) is 0 Å². The monoisotopic (exact) mass is 539 g/mol. The topological polar surface area (TPSA) is 60.4 Å². The Morgan fingerprint density at radius 2 is 1.81 bits per heavy atom. The van der Waals surface area contributed by atoms with Crippen molar-refractivity contribution in [3.63, 3.8) is 0 Å².